The van der Waals surface area contributed by atoms with Crippen molar-refractivity contribution < 1.29 is 17.9 Å². The van der Waals surface area contributed by atoms with Gasteiger partial charge in [0, 0.05) is 6.04 Å². The molecule has 0 spiro atoms. The summed E-state index contributed by atoms with van der Waals surface area (Å²) in [6, 6.07) is -0.0931. The van der Waals surface area contributed by atoms with Crippen LogP contribution in [-0.4, -0.2) is 45.1 Å². The maximum absolute atomic E-state index is 11.1. The Kier molecular flexibility index (Phi) is 3.88. The van der Waals surface area contributed by atoms with Gasteiger partial charge in [-0.3, -0.25) is 4.79 Å². The van der Waals surface area contributed by atoms with E-state index in [4.69, 9.17) is 4.74 Å². The number of carbonyl (C=O) groups excluding carboxylic acids is 1. The summed E-state index contributed by atoms with van der Waals surface area (Å²) in [7, 11) is -2.87. The molecule has 1 unspecified atom stereocenters. The molecule has 0 aromatic carbocycles. The Bertz CT molecular complexity index is 298. The molecule has 82 valence electrons. The molecule has 0 saturated carbocycles. The summed E-state index contributed by atoms with van der Waals surface area (Å²) in [5.74, 6) is 0.0108. The summed E-state index contributed by atoms with van der Waals surface area (Å²) in [6.45, 7) is 2.18. The van der Waals surface area contributed by atoms with Crippen molar-refractivity contribution in [1.82, 2.24) is 5.32 Å². The third-order valence-electron chi connectivity index (χ3n) is 2.07. The van der Waals surface area contributed by atoms with Gasteiger partial charge in [0.2, 0.25) is 0 Å². The lowest BCUT2D eigenvalue weighted by molar-refractivity contribution is -0.142. The van der Waals surface area contributed by atoms with Crippen molar-refractivity contribution in [3.05, 3.63) is 0 Å². The second-order valence-electron chi connectivity index (χ2n) is 3.29. The van der Waals surface area contributed by atoms with E-state index in [1.54, 1.807) is 6.92 Å². The summed E-state index contributed by atoms with van der Waals surface area (Å²) in [5, 5.41) is 2.87. The number of ether oxygens (including phenoxy) is 1. The first-order valence-electron chi connectivity index (χ1n) is 4.63. The van der Waals surface area contributed by atoms with Gasteiger partial charge in [-0.15, -0.1) is 0 Å². The van der Waals surface area contributed by atoms with Crippen LogP contribution in [0.1, 0.15) is 13.3 Å². The first kappa shape index (κ1) is 11.5. The van der Waals surface area contributed by atoms with E-state index in [9.17, 15) is 13.2 Å². The highest BCUT2D eigenvalue weighted by atomic mass is 32.2. The van der Waals surface area contributed by atoms with Gasteiger partial charge in [0.15, 0.2) is 9.84 Å². The van der Waals surface area contributed by atoms with Crippen molar-refractivity contribution in [2.75, 3.05) is 24.7 Å². The predicted octanol–water partition coefficient (Wildman–Crippen LogP) is -0.674. The molecule has 14 heavy (non-hydrogen) atoms. The van der Waals surface area contributed by atoms with E-state index in [1.165, 1.54) is 0 Å². The molecule has 1 aliphatic heterocycles. The lowest BCUT2D eigenvalue weighted by Crippen LogP contribution is -2.35. The Morgan fingerprint density at radius 2 is 2.29 bits per heavy atom. The fourth-order valence-electron chi connectivity index (χ4n) is 1.40. The minimum absolute atomic E-state index is 0.0913. The second kappa shape index (κ2) is 4.75. The van der Waals surface area contributed by atoms with Gasteiger partial charge < -0.3 is 10.1 Å². The molecule has 1 fully saturated rings. The van der Waals surface area contributed by atoms with Crippen molar-refractivity contribution in [3.8, 4) is 0 Å². The summed E-state index contributed by atoms with van der Waals surface area (Å²) >= 11 is 0. The van der Waals surface area contributed by atoms with Crippen LogP contribution in [0.25, 0.3) is 0 Å². The SMILES string of the molecule is CCOC(=O)CNC1CCS(=O)(=O)C1. The van der Waals surface area contributed by atoms with E-state index in [-0.39, 0.29) is 30.1 Å². The molecular weight excluding hydrogens is 206 g/mol. The highest BCUT2D eigenvalue weighted by molar-refractivity contribution is 7.91. The van der Waals surface area contributed by atoms with Crippen LogP contribution >= 0.6 is 0 Å². The van der Waals surface area contributed by atoms with Gasteiger partial charge in [-0.2, -0.15) is 0 Å². The third kappa shape index (κ3) is 3.63. The Labute approximate surface area is 83.7 Å². The van der Waals surface area contributed by atoms with Crippen molar-refractivity contribution in [2.24, 2.45) is 0 Å². The Morgan fingerprint density at radius 3 is 2.79 bits per heavy atom. The molecule has 1 aliphatic rings. The van der Waals surface area contributed by atoms with Gasteiger partial charge in [-0.05, 0) is 13.3 Å². The number of esters is 1. The molecule has 0 bridgehead atoms. The van der Waals surface area contributed by atoms with Crippen LogP contribution in [0.2, 0.25) is 0 Å². The highest BCUT2D eigenvalue weighted by Gasteiger charge is 2.27. The van der Waals surface area contributed by atoms with Gasteiger partial charge >= 0.3 is 5.97 Å². The van der Waals surface area contributed by atoms with Crippen molar-refractivity contribution in [3.63, 3.8) is 0 Å². The van der Waals surface area contributed by atoms with Crippen LogP contribution in [0.3, 0.4) is 0 Å². The van der Waals surface area contributed by atoms with Crippen LogP contribution in [0.4, 0.5) is 0 Å². The fraction of sp³-hybridized carbons (Fsp3) is 0.875. The van der Waals surface area contributed by atoms with Crippen LogP contribution in [0.5, 0.6) is 0 Å². The molecule has 1 rings (SSSR count). The number of carbonyl (C=O) groups is 1. The zero-order valence-corrected chi connectivity index (χ0v) is 8.97. The highest BCUT2D eigenvalue weighted by Crippen LogP contribution is 2.10. The lowest BCUT2D eigenvalue weighted by atomic mass is 10.3. The smallest absolute Gasteiger partial charge is 0.319 e. The molecule has 1 heterocycles. The maximum Gasteiger partial charge on any atom is 0.319 e. The minimum atomic E-state index is -2.87. The number of rotatable bonds is 4. The van der Waals surface area contributed by atoms with Crippen LogP contribution in [-0.2, 0) is 19.4 Å². The standard InChI is InChI=1S/C8H15NO4S/c1-2-13-8(10)5-9-7-3-4-14(11,12)6-7/h7,9H,2-6H2,1H3. The molecule has 1 atom stereocenters. The van der Waals surface area contributed by atoms with Crippen molar-refractivity contribution in [1.29, 1.82) is 0 Å². The first-order chi connectivity index (χ1) is 6.53. The monoisotopic (exact) mass is 221 g/mol. The van der Waals surface area contributed by atoms with E-state index >= 15 is 0 Å². The van der Waals surface area contributed by atoms with Gasteiger partial charge in [0.25, 0.3) is 0 Å². The molecule has 6 heteroatoms. The molecule has 0 aromatic rings. The van der Waals surface area contributed by atoms with Crippen LogP contribution in [0.15, 0.2) is 0 Å². The molecule has 0 radical (unpaired) electrons. The lowest BCUT2D eigenvalue weighted by Gasteiger charge is -2.09. The molecule has 1 saturated heterocycles. The summed E-state index contributed by atoms with van der Waals surface area (Å²) in [4.78, 5) is 10.9. The molecule has 0 amide bonds. The molecule has 1 N–H and O–H groups in total. The van der Waals surface area contributed by atoms with Gasteiger partial charge in [-0.1, -0.05) is 0 Å². The van der Waals surface area contributed by atoms with E-state index in [0.717, 1.165) is 0 Å². The van der Waals surface area contributed by atoms with Crippen LogP contribution < -0.4 is 5.32 Å². The quantitative estimate of drug-likeness (QED) is 0.637. The molecular formula is C8H15NO4S. The first-order valence-corrected chi connectivity index (χ1v) is 6.45. The number of nitrogens with one attached hydrogen (secondary N) is 1. The minimum Gasteiger partial charge on any atom is -0.465 e. The molecule has 5 nitrogen and oxygen atoms in total. The van der Waals surface area contributed by atoms with Gasteiger partial charge in [0.1, 0.15) is 0 Å². The summed E-state index contributed by atoms with van der Waals surface area (Å²) in [5.41, 5.74) is 0. The average molecular weight is 221 g/mol. The predicted molar refractivity (Wildman–Crippen MR) is 51.7 cm³/mol. The second-order valence-corrected chi connectivity index (χ2v) is 5.51. The van der Waals surface area contributed by atoms with Crippen molar-refractivity contribution in [2.45, 2.75) is 19.4 Å². The van der Waals surface area contributed by atoms with Crippen molar-refractivity contribution >= 4 is 15.8 Å². The third-order valence-corrected chi connectivity index (χ3v) is 3.84. The van der Waals surface area contributed by atoms with E-state index in [1.807, 2.05) is 0 Å². The Balaban J connectivity index is 2.24. The van der Waals surface area contributed by atoms with Crippen LogP contribution in [0, 0.1) is 0 Å². The van der Waals surface area contributed by atoms with E-state index < -0.39 is 9.84 Å². The maximum atomic E-state index is 11.1. The van der Waals surface area contributed by atoms with E-state index in [2.05, 4.69) is 5.32 Å². The normalized spacial score (nSPS) is 24.8. The molecule has 0 aliphatic carbocycles. The van der Waals surface area contributed by atoms with Gasteiger partial charge in [0.05, 0.1) is 24.7 Å². The zero-order valence-electron chi connectivity index (χ0n) is 8.15. The van der Waals surface area contributed by atoms with E-state index in [0.29, 0.717) is 13.0 Å². The topological polar surface area (TPSA) is 72.5 Å². The fourth-order valence-corrected chi connectivity index (χ4v) is 3.10. The summed E-state index contributed by atoms with van der Waals surface area (Å²) in [6.07, 6.45) is 0.585. The Hall–Kier alpha value is -0.620. The summed E-state index contributed by atoms with van der Waals surface area (Å²) < 4.78 is 26.8. The van der Waals surface area contributed by atoms with Gasteiger partial charge in [-0.25, -0.2) is 8.42 Å². The Morgan fingerprint density at radius 1 is 1.57 bits per heavy atom. The number of hydrogen-bond acceptors (Lipinski definition) is 5. The molecule has 0 aromatic heterocycles. The largest absolute Gasteiger partial charge is 0.465 e. The number of sulfone groups is 1. The average Bonchev–Trinajstić information content (AvgIpc) is 2.43. The zero-order chi connectivity index (χ0) is 10.6. The number of hydrogen-bond donors (Lipinski definition) is 1.